The highest BCUT2D eigenvalue weighted by molar-refractivity contribution is 7.98. The molecule has 0 aliphatic carbocycles. The first kappa shape index (κ1) is 13.4. The van der Waals surface area contributed by atoms with E-state index in [1.165, 1.54) is 11.3 Å². The Morgan fingerprint density at radius 2 is 2.20 bits per heavy atom. The maximum absolute atomic E-state index is 4.75. The number of aromatic nitrogens is 4. The lowest BCUT2D eigenvalue weighted by Gasteiger charge is -2.11. The lowest BCUT2D eigenvalue weighted by atomic mass is 10.2. The van der Waals surface area contributed by atoms with Crippen LogP contribution in [0.2, 0.25) is 0 Å². The van der Waals surface area contributed by atoms with E-state index < -0.39 is 0 Å². The Morgan fingerprint density at radius 3 is 3.00 bits per heavy atom. The monoisotopic (exact) mass is 289 g/mol. The highest BCUT2D eigenvalue weighted by Crippen LogP contribution is 2.34. The van der Waals surface area contributed by atoms with Crippen LogP contribution >= 0.6 is 11.8 Å². The lowest BCUT2D eigenvalue weighted by molar-refractivity contribution is 0.681. The smallest absolute Gasteiger partial charge is 0.180 e. The first-order valence-corrected chi connectivity index (χ1v) is 8.20. The van der Waals surface area contributed by atoms with Crippen LogP contribution in [0.5, 0.6) is 0 Å². The molecular weight excluding hydrogens is 270 g/mol. The molecule has 0 unspecified atom stereocenters. The van der Waals surface area contributed by atoms with E-state index in [2.05, 4.69) is 28.7 Å². The molecule has 106 valence electrons. The summed E-state index contributed by atoms with van der Waals surface area (Å²) in [7, 11) is 0. The Bertz CT molecular complexity index is 608. The summed E-state index contributed by atoms with van der Waals surface area (Å²) in [5, 5.41) is 3.37. The zero-order valence-corrected chi connectivity index (χ0v) is 12.7. The minimum absolute atomic E-state index is 0.785. The molecule has 0 radical (unpaired) electrons. The molecule has 1 aliphatic rings. The predicted octanol–water partition coefficient (Wildman–Crippen LogP) is 2.93. The van der Waals surface area contributed by atoms with Crippen molar-refractivity contribution in [2.45, 2.75) is 38.3 Å². The molecular formula is C14H19N5S. The van der Waals surface area contributed by atoms with Gasteiger partial charge in [-0.25, -0.2) is 15.0 Å². The van der Waals surface area contributed by atoms with E-state index in [0.29, 0.717) is 0 Å². The van der Waals surface area contributed by atoms with Gasteiger partial charge in [-0.3, -0.25) is 0 Å². The Morgan fingerprint density at radius 1 is 1.30 bits per heavy atom. The molecule has 3 rings (SSSR count). The van der Waals surface area contributed by atoms with E-state index >= 15 is 0 Å². The molecule has 1 N–H and O–H groups in total. The van der Waals surface area contributed by atoms with Gasteiger partial charge in [-0.1, -0.05) is 6.92 Å². The van der Waals surface area contributed by atoms with E-state index in [9.17, 15) is 0 Å². The fourth-order valence-electron chi connectivity index (χ4n) is 2.41. The molecule has 0 atom stereocenters. The molecule has 0 saturated heterocycles. The number of nitrogens with zero attached hydrogens (tertiary/aromatic N) is 4. The van der Waals surface area contributed by atoms with Crippen molar-refractivity contribution in [3.8, 4) is 11.5 Å². The molecule has 0 saturated carbocycles. The topological polar surface area (TPSA) is 55.6 Å². The maximum atomic E-state index is 4.75. The molecule has 5 nitrogen and oxygen atoms in total. The number of hydrogen-bond donors (Lipinski definition) is 1. The van der Waals surface area contributed by atoms with E-state index in [1.54, 1.807) is 0 Å². The second-order valence-electron chi connectivity index (χ2n) is 4.82. The van der Waals surface area contributed by atoms with Gasteiger partial charge in [-0.05, 0) is 13.3 Å². The molecule has 0 bridgehead atoms. The van der Waals surface area contributed by atoms with Gasteiger partial charge in [0.25, 0.3) is 0 Å². The third-order valence-corrected chi connectivity index (χ3v) is 4.30. The number of aryl methyl sites for hydroxylation is 1. The summed E-state index contributed by atoms with van der Waals surface area (Å²) in [6.07, 6.45) is 4.79. The number of nitrogens with one attached hydrogen (secondary N) is 1. The van der Waals surface area contributed by atoms with Crippen LogP contribution in [0.1, 0.15) is 31.5 Å². The van der Waals surface area contributed by atoms with Crippen LogP contribution in [0.15, 0.2) is 12.5 Å². The van der Waals surface area contributed by atoms with Crippen molar-refractivity contribution >= 4 is 17.6 Å². The summed E-state index contributed by atoms with van der Waals surface area (Å²) in [5.74, 6) is 3.76. The van der Waals surface area contributed by atoms with Crippen LogP contribution in [-0.2, 0) is 18.1 Å². The largest absolute Gasteiger partial charge is 0.370 e. The molecule has 0 amide bonds. The van der Waals surface area contributed by atoms with Crippen molar-refractivity contribution in [2.75, 3.05) is 11.9 Å². The third kappa shape index (κ3) is 2.40. The highest BCUT2D eigenvalue weighted by Gasteiger charge is 2.21. The molecule has 3 heterocycles. The molecule has 2 aromatic rings. The molecule has 6 heteroatoms. The van der Waals surface area contributed by atoms with Gasteiger partial charge in [0.2, 0.25) is 0 Å². The summed E-state index contributed by atoms with van der Waals surface area (Å²) < 4.78 is 2.12. The number of rotatable bonds is 5. The van der Waals surface area contributed by atoms with Crippen LogP contribution in [0.4, 0.5) is 5.82 Å². The van der Waals surface area contributed by atoms with Gasteiger partial charge in [0, 0.05) is 30.2 Å². The minimum atomic E-state index is 0.785. The van der Waals surface area contributed by atoms with Crippen LogP contribution in [-0.4, -0.2) is 26.1 Å². The van der Waals surface area contributed by atoms with Crippen LogP contribution in [0.3, 0.4) is 0 Å². The van der Waals surface area contributed by atoms with Crippen molar-refractivity contribution in [1.82, 2.24) is 19.5 Å². The predicted molar refractivity (Wildman–Crippen MR) is 82.7 cm³/mol. The number of thioether (sulfide) groups is 1. The van der Waals surface area contributed by atoms with E-state index in [-0.39, 0.29) is 0 Å². The molecule has 0 aromatic carbocycles. The van der Waals surface area contributed by atoms with Gasteiger partial charge in [-0.15, -0.1) is 0 Å². The standard InChI is InChI=1S/C14H19N5S/c1-3-5-19-9-15-6-12(19)14-17-11-8-20-7-10(11)13(18-14)16-4-2/h6,9H,3-5,7-8H2,1-2H3,(H,16,17,18). The SMILES string of the molecule is CCCn1cncc1-c1nc2c(c(NCC)n1)CSC2. The quantitative estimate of drug-likeness (QED) is 0.917. The minimum Gasteiger partial charge on any atom is -0.370 e. The molecule has 2 aromatic heterocycles. The van der Waals surface area contributed by atoms with Crippen LogP contribution in [0.25, 0.3) is 11.5 Å². The fourth-order valence-corrected chi connectivity index (χ4v) is 3.45. The van der Waals surface area contributed by atoms with E-state index in [1.807, 2.05) is 24.3 Å². The van der Waals surface area contributed by atoms with Crippen LogP contribution in [0, 0.1) is 0 Å². The Hall–Kier alpha value is -1.56. The maximum Gasteiger partial charge on any atom is 0.180 e. The molecule has 0 spiro atoms. The Labute approximate surface area is 123 Å². The van der Waals surface area contributed by atoms with Crippen molar-refractivity contribution in [1.29, 1.82) is 0 Å². The Balaban J connectivity index is 2.05. The molecule has 0 fully saturated rings. The third-order valence-electron chi connectivity index (χ3n) is 3.33. The van der Waals surface area contributed by atoms with Gasteiger partial charge >= 0.3 is 0 Å². The first-order valence-electron chi connectivity index (χ1n) is 7.05. The van der Waals surface area contributed by atoms with Gasteiger partial charge in [0.15, 0.2) is 5.82 Å². The lowest BCUT2D eigenvalue weighted by Crippen LogP contribution is -2.08. The van der Waals surface area contributed by atoms with Crippen molar-refractivity contribution in [3.05, 3.63) is 23.8 Å². The van der Waals surface area contributed by atoms with Gasteiger partial charge < -0.3 is 9.88 Å². The van der Waals surface area contributed by atoms with E-state index in [0.717, 1.165) is 48.4 Å². The van der Waals surface area contributed by atoms with Crippen molar-refractivity contribution < 1.29 is 0 Å². The second kappa shape index (κ2) is 5.83. The van der Waals surface area contributed by atoms with Gasteiger partial charge in [-0.2, -0.15) is 11.8 Å². The highest BCUT2D eigenvalue weighted by atomic mass is 32.2. The van der Waals surface area contributed by atoms with Gasteiger partial charge in [0.1, 0.15) is 11.5 Å². The average Bonchev–Trinajstić information content (AvgIpc) is 3.07. The Kier molecular flexibility index (Phi) is 3.91. The van der Waals surface area contributed by atoms with E-state index in [4.69, 9.17) is 9.97 Å². The van der Waals surface area contributed by atoms with Crippen LogP contribution < -0.4 is 5.32 Å². The summed E-state index contributed by atoms with van der Waals surface area (Å²) in [5.41, 5.74) is 3.44. The zero-order chi connectivity index (χ0) is 13.9. The van der Waals surface area contributed by atoms with Crippen molar-refractivity contribution in [3.63, 3.8) is 0 Å². The summed E-state index contributed by atoms with van der Waals surface area (Å²) >= 11 is 1.90. The van der Waals surface area contributed by atoms with Crippen molar-refractivity contribution in [2.24, 2.45) is 0 Å². The second-order valence-corrected chi connectivity index (χ2v) is 5.80. The number of hydrogen-bond acceptors (Lipinski definition) is 5. The van der Waals surface area contributed by atoms with Gasteiger partial charge in [0.05, 0.1) is 18.2 Å². The normalized spacial score (nSPS) is 13.5. The summed E-state index contributed by atoms with van der Waals surface area (Å²) in [4.78, 5) is 13.7. The average molecular weight is 289 g/mol. The zero-order valence-electron chi connectivity index (χ0n) is 11.9. The molecule has 20 heavy (non-hydrogen) atoms. The number of fused-ring (bicyclic) bond motifs is 1. The number of anilines is 1. The number of imidazole rings is 1. The first-order chi connectivity index (χ1) is 9.83. The summed E-state index contributed by atoms with van der Waals surface area (Å²) in [6.45, 7) is 6.08. The molecule has 1 aliphatic heterocycles. The fraction of sp³-hybridized carbons (Fsp3) is 0.500. The summed E-state index contributed by atoms with van der Waals surface area (Å²) in [6, 6.07) is 0.